The Morgan fingerprint density at radius 3 is 1.60 bits per heavy atom. The van der Waals surface area contributed by atoms with Crippen molar-refractivity contribution >= 4 is 66.0 Å². The fourth-order valence-corrected chi connectivity index (χ4v) is 13.4. The molecule has 9 aromatic rings. The normalized spacial score (nSPS) is 13.8. The number of rotatable bonds is 3. The summed E-state index contributed by atoms with van der Waals surface area (Å²) in [6.07, 6.45) is 0. The van der Waals surface area contributed by atoms with Crippen molar-refractivity contribution in [2.45, 2.75) is 5.41 Å². The van der Waals surface area contributed by atoms with Crippen molar-refractivity contribution in [3.8, 4) is 22.3 Å². The van der Waals surface area contributed by atoms with E-state index in [0.717, 1.165) is 43.0 Å². The second-order valence-corrected chi connectivity index (χ2v) is 17.3. The summed E-state index contributed by atoms with van der Waals surface area (Å²) < 4.78 is 18.1. The number of fused-ring (bicyclic) bond motifs is 14. The van der Waals surface area contributed by atoms with Crippen LogP contribution in [-0.2, 0) is 9.98 Å². The number of benzene rings is 8. The van der Waals surface area contributed by atoms with Crippen LogP contribution < -0.4 is 15.9 Å². The zero-order valence-corrected chi connectivity index (χ0v) is 28.7. The third-order valence-electron chi connectivity index (χ3n) is 11.1. The lowest BCUT2D eigenvalue weighted by atomic mass is 9.74. The summed E-state index contributed by atoms with van der Waals surface area (Å²) in [7, 11) is -3.46. The Morgan fingerprint density at radius 1 is 0.440 bits per heavy atom. The first-order valence-corrected chi connectivity index (χ1v) is 19.6. The van der Waals surface area contributed by atoms with Crippen LogP contribution in [0.2, 0.25) is 0 Å². The molecular formula is C47H29OPS. The lowest BCUT2D eigenvalue weighted by Gasteiger charge is -2.30. The van der Waals surface area contributed by atoms with Crippen LogP contribution >= 0.6 is 18.5 Å². The van der Waals surface area contributed by atoms with E-state index < -0.39 is 12.6 Å². The fraction of sp³-hybridized carbons (Fsp3) is 0.0213. The Kier molecular flexibility index (Phi) is 5.80. The maximum Gasteiger partial charge on any atom is 0.171 e. The molecule has 2 aliphatic carbocycles. The molecule has 3 heteroatoms. The van der Waals surface area contributed by atoms with Crippen LogP contribution in [0.4, 0.5) is 0 Å². The second-order valence-electron chi connectivity index (χ2n) is 13.5. The molecule has 0 saturated heterocycles. The highest BCUT2D eigenvalue weighted by atomic mass is 32.1. The minimum absolute atomic E-state index is 0.505. The van der Waals surface area contributed by atoms with Gasteiger partial charge in [-0.2, -0.15) is 0 Å². The van der Waals surface area contributed by atoms with Crippen LogP contribution in [0.15, 0.2) is 176 Å². The lowest BCUT2D eigenvalue weighted by molar-refractivity contribution is 0.592. The van der Waals surface area contributed by atoms with Gasteiger partial charge in [-0.3, -0.25) is 0 Å². The highest BCUT2D eigenvalue weighted by Crippen LogP contribution is 2.66. The van der Waals surface area contributed by atoms with Crippen LogP contribution in [0.25, 0.3) is 53.9 Å². The third kappa shape index (κ3) is 3.55. The first-order valence-electron chi connectivity index (χ1n) is 17.1. The predicted octanol–water partition coefficient (Wildman–Crippen LogP) is 11.2. The van der Waals surface area contributed by atoms with E-state index in [-0.39, 0.29) is 0 Å². The SMILES string of the molecule is O=P(c1ccc2ccccc2c1)(c1ccc2ccccc2c1)c1cccc2c1-c1c(sc3ccccc13)C21c2ccccc2-c2ccccc21. The summed E-state index contributed by atoms with van der Waals surface area (Å²) in [5, 5.41) is 8.31. The summed E-state index contributed by atoms with van der Waals surface area (Å²) in [5.74, 6) is 0. The molecule has 0 aliphatic heterocycles. The zero-order valence-electron chi connectivity index (χ0n) is 27.0. The molecule has 0 fully saturated rings. The standard InChI is InChI=1S/C47H29OPS/c48-49(34-26-24-30-12-1-3-14-32(30)28-34,35-27-25-31-13-2-4-15-33(31)29-35)42-22-11-21-41-45(42)44-38-18-7-10-23-43(38)50-46(44)47(41)39-19-8-5-16-36(39)37-17-6-9-20-40(37)47/h1-29H. The Hall–Kier alpha value is -5.53. The van der Waals surface area contributed by atoms with E-state index in [9.17, 15) is 0 Å². The van der Waals surface area contributed by atoms with Crippen LogP contribution in [0.3, 0.4) is 0 Å². The first-order chi connectivity index (χ1) is 24.7. The third-order valence-corrected chi connectivity index (χ3v) is 15.5. The number of thiophene rings is 1. The Bertz CT molecular complexity index is 2800. The molecule has 0 amide bonds. The molecule has 0 radical (unpaired) electrons. The van der Waals surface area contributed by atoms with Crippen LogP contribution in [-0.4, -0.2) is 0 Å². The molecule has 234 valence electrons. The Morgan fingerprint density at radius 2 is 0.960 bits per heavy atom. The quantitative estimate of drug-likeness (QED) is 0.171. The summed E-state index contributed by atoms with van der Waals surface area (Å²) in [4.78, 5) is 1.32. The van der Waals surface area contributed by atoms with E-state index in [1.165, 1.54) is 48.3 Å². The van der Waals surface area contributed by atoms with Crippen molar-refractivity contribution in [1.29, 1.82) is 0 Å². The van der Waals surface area contributed by atoms with Gasteiger partial charge in [0.25, 0.3) is 0 Å². The molecule has 0 atom stereocenters. The molecule has 2 aliphatic rings. The molecule has 0 unspecified atom stereocenters. The van der Waals surface area contributed by atoms with Gasteiger partial charge >= 0.3 is 0 Å². The summed E-state index contributed by atoms with van der Waals surface area (Å²) in [5.41, 5.74) is 8.22. The van der Waals surface area contributed by atoms with E-state index in [0.29, 0.717) is 0 Å². The van der Waals surface area contributed by atoms with Crippen molar-refractivity contribution in [3.63, 3.8) is 0 Å². The average molecular weight is 673 g/mol. The summed E-state index contributed by atoms with van der Waals surface area (Å²) in [6.45, 7) is 0. The highest BCUT2D eigenvalue weighted by Gasteiger charge is 2.54. The second kappa shape index (κ2) is 10.2. The zero-order chi connectivity index (χ0) is 33.0. The lowest BCUT2D eigenvalue weighted by Crippen LogP contribution is -2.29. The van der Waals surface area contributed by atoms with Crippen molar-refractivity contribution in [3.05, 3.63) is 197 Å². The van der Waals surface area contributed by atoms with Crippen molar-refractivity contribution < 1.29 is 4.57 Å². The van der Waals surface area contributed by atoms with Gasteiger partial charge in [-0.15, -0.1) is 11.3 Å². The minimum atomic E-state index is -3.46. The van der Waals surface area contributed by atoms with Gasteiger partial charge in [-0.1, -0.05) is 158 Å². The van der Waals surface area contributed by atoms with Gasteiger partial charge in [-0.05, 0) is 73.1 Å². The molecule has 50 heavy (non-hydrogen) atoms. The summed E-state index contributed by atoms with van der Waals surface area (Å²) >= 11 is 1.89. The molecular weight excluding hydrogens is 644 g/mol. The largest absolute Gasteiger partial charge is 0.309 e. The van der Waals surface area contributed by atoms with Gasteiger partial charge in [-0.25, -0.2) is 0 Å². The molecule has 1 spiro atoms. The predicted molar refractivity (Wildman–Crippen MR) is 213 cm³/mol. The van der Waals surface area contributed by atoms with E-state index in [1.54, 1.807) is 0 Å². The van der Waals surface area contributed by atoms with Gasteiger partial charge in [0, 0.05) is 36.4 Å². The average Bonchev–Trinajstić information content (AvgIpc) is 3.81. The monoisotopic (exact) mass is 672 g/mol. The van der Waals surface area contributed by atoms with Crippen LogP contribution in [0.5, 0.6) is 0 Å². The Labute approximate surface area is 294 Å². The van der Waals surface area contributed by atoms with Gasteiger partial charge < -0.3 is 4.57 Å². The molecule has 0 N–H and O–H groups in total. The first kappa shape index (κ1) is 28.3. The topological polar surface area (TPSA) is 17.1 Å². The van der Waals surface area contributed by atoms with Gasteiger partial charge in [0.2, 0.25) is 0 Å². The molecule has 1 aromatic heterocycles. The molecule has 0 saturated carbocycles. The number of hydrogen-bond acceptors (Lipinski definition) is 2. The maximum atomic E-state index is 16.8. The molecule has 8 aromatic carbocycles. The molecule has 0 bridgehead atoms. The Balaban J connectivity index is 1.31. The van der Waals surface area contributed by atoms with E-state index in [2.05, 4.69) is 176 Å². The maximum absolute atomic E-state index is 16.8. The van der Waals surface area contributed by atoms with Gasteiger partial charge in [0.05, 0.1) is 5.41 Å². The molecule has 1 nitrogen and oxygen atoms in total. The van der Waals surface area contributed by atoms with Crippen molar-refractivity contribution in [2.24, 2.45) is 0 Å². The molecule has 11 rings (SSSR count). The smallest absolute Gasteiger partial charge is 0.171 e. The number of hydrogen-bond donors (Lipinski definition) is 0. The highest BCUT2D eigenvalue weighted by molar-refractivity contribution is 7.85. The minimum Gasteiger partial charge on any atom is -0.309 e. The van der Waals surface area contributed by atoms with E-state index >= 15 is 4.57 Å². The van der Waals surface area contributed by atoms with Crippen LogP contribution in [0.1, 0.15) is 21.6 Å². The summed E-state index contributed by atoms with van der Waals surface area (Å²) in [6, 6.07) is 62.8. The van der Waals surface area contributed by atoms with Crippen molar-refractivity contribution in [2.75, 3.05) is 0 Å². The van der Waals surface area contributed by atoms with E-state index in [1.807, 2.05) is 11.3 Å². The van der Waals surface area contributed by atoms with Gasteiger partial charge in [0.15, 0.2) is 7.14 Å². The van der Waals surface area contributed by atoms with Gasteiger partial charge in [0.1, 0.15) is 0 Å². The van der Waals surface area contributed by atoms with E-state index in [4.69, 9.17) is 0 Å². The fourth-order valence-electron chi connectivity index (χ4n) is 9.00. The molecule has 1 heterocycles. The van der Waals surface area contributed by atoms with Crippen LogP contribution in [0, 0.1) is 0 Å². The van der Waals surface area contributed by atoms with Crippen molar-refractivity contribution in [1.82, 2.24) is 0 Å².